The van der Waals surface area contributed by atoms with Crippen molar-refractivity contribution in [2.45, 2.75) is 13.5 Å². The summed E-state index contributed by atoms with van der Waals surface area (Å²) in [7, 11) is 2.04. The maximum absolute atomic E-state index is 6.06. The third-order valence-electron chi connectivity index (χ3n) is 2.78. The van der Waals surface area contributed by atoms with Gasteiger partial charge in [-0.05, 0) is 36.8 Å². The van der Waals surface area contributed by atoms with Gasteiger partial charge in [0, 0.05) is 29.6 Å². The zero-order valence-electron chi connectivity index (χ0n) is 9.50. The largest absolute Gasteiger partial charge is 0.379 e. The normalized spacial score (nSPS) is 10.4. The van der Waals surface area contributed by atoms with Gasteiger partial charge in [0.1, 0.15) is 0 Å². The van der Waals surface area contributed by atoms with Gasteiger partial charge in [0.25, 0.3) is 0 Å². The number of rotatable bonds is 3. The predicted molar refractivity (Wildman–Crippen MR) is 68.9 cm³/mol. The summed E-state index contributed by atoms with van der Waals surface area (Å²) in [5.41, 5.74) is 3.44. The van der Waals surface area contributed by atoms with E-state index in [1.807, 2.05) is 44.4 Å². The molecule has 0 unspecified atom stereocenters. The number of halogens is 1. The number of hydrogen-bond donors (Lipinski definition) is 1. The molecule has 0 fully saturated rings. The van der Waals surface area contributed by atoms with Crippen LogP contribution in [0.5, 0.6) is 0 Å². The predicted octanol–water partition coefficient (Wildman–Crippen LogP) is 3.60. The Morgan fingerprint density at radius 3 is 2.75 bits per heavy atom. The molecule has 0 radical (unpaired) electrons. The van der Waals surface area contributed by atoms with Crippen molar-refractivity contribution in [3.05, 3.63) is 52.8 Å². The molecule has 16 heavy (non-hydrogen) atoms. The highest BCUT2D eigenvalue weighted by Crippen LogP contribution is 2.23. The van der Waals surface area contributed by atoms with Gasteiger partial charge in [-0.3, -0.25) is 0 Å². The van der Waals surface area contributed by atoms with E-state index < -0.39 is 0 Å². The molecule has 0 aliphatic heterocycles. The Hall–Kier alpha value is -1.41. The third kappa shape index (κ3) is 2.22. The van der Waals surface area contributed by atoms with E-state index in [1.165, 1.54) is 5.69 Å². The standard InChI is InChI=1S/C13H15ClN2/c1-10-12(14)6-3-7-13(10)15-9-11-5-4-8-16(11)2/h3-8,15H,9H2,1-2H3. The number of nitrogens with zero attached hydrogens (tertiary/aromatic N) is 1. The Morgan fingerprint density at radius 2 is 2.06 bits per heavy atom. The minimum absolute atomic E-state index is 0.803. The summed E-state index contributed by atoms with van der Waals surface area (Å²) in [5, 5.41) is 4.19. The molecule has 0 saturated heterocycles. The fraction of sp³-hybridized carbons (Fsp3) is 0.231. The second kappa shape index (κ2) is 4.62. The van der Waals surface area contributed by atoms with E-state index in [0.29, 0.717) is 0 Å². The van der Waals surface area contributed by atoms with Crippen LogP contribution in [-0.4, -0.2) is 4.57 Å². The SMILES string of the molecule is Cc1c(Cl)cccc1NCc1cccn1C. The molecule has 1 heterocycles. The van der Waals surface area contributed by atoms with Crippen LogP contribution in [0, 0.1) is 6.92 Å². The van der Waals surface area contributed by atoms with Gasteiger partial charge in [0.05, 0.1) is 6.54 Å². The summed E-state index contributed by atoms with van der Waals surface area (Å²) in [5.74, 6) is 0. The quantitative estimate of drug-likeness (QED) is 0.859. The molecule has 0 spiro atoms. The first kappa shape index (κ1) is 11.1. The second-order valence-electron chi connectivity index (χ2n) is 3.88. The maximum Gasteiger partial charge on any atom is 0.0553 e. The monoisotopic (exact) mass is 234 g/mol. The fourth-order valence-corrected chi connectivity index (χ4v) is 1.84. The molecule has 0 aliphatic carbocycles. The number of aryl methyl sites for hydroxylation is 1. The molecular weight excluding hydrogens is 220 g/mol. The van der Waals surface area contributed by atoms with Crippen LogP contribution in [0.3, 0.4) is 0 Å². The molecule has 1 aromatic heterocycles. The van der Waals surface area contributed by atoms with Crippen molar-refractivity contribution in [3.8, 4) is 0 Å². The molecule has 2 aromatic rings. The van der Waals surface area contributed by atoms with Crippen molar-refractivity contribution in [2.75, 3.05) is 5.32 Å². The van der Waals surface area contributed by atoms with E-state index in [1.54, 1.807) is 0 Å². The summed E-state index contributed by atoms with van der Waals surface area (Å²) in [6.07, 6.45) is 2.04. The van der Waals surface area contributed by atoms with Crippen LogP contribution < -0.4 is 5.32 Å². The summed E-state index contributed by atoms with van der Waals surface area (Å²) in [4.78, 5) is 0. The highest BCUT2D eigenvalue weighted by molar-refractivity contribution is 6.31. The number of anilines is 1. The first-order chi connectivity index (χ1) is 7.68. The molecule has 2 nitrogen and oxygen atoms in total. The van der Waals surface area contributed by atoms with Crippen LogP contribution in [0.25, 0.3) is 0 Å². The minimum atomic E-state index is 0.803. The van der Waals surface area contributed by atoms with Crippen molar-refractivity contribution in [3.63, 3.8) is 0 Å². The number of hydrogen-bond acceptors (Lipinski definition) is 1. The van der Waals surface area contributed by atoms with Gasteiger partial charge in [-0.2, -0.15) is 0 Å². The average Bonchev–Trinajstić information content (AvgIpc) is 2.67. The molecule has 0 bridgehead atoms. The Morgan fingerprint density at radius 1 is 1.25 bits per heavy atom. The summed E-state index contributed by atoms with van der Waals surface area (Å²) < 4.78 is 2.10. The molecule has 0 saturated carbocycles. The Kier molecular flexibility index (Phi) is 3.20. The van der Waals surface area contributed by atoms with Gasteiger partial charge in [-0.1, -0.05) is 17.7 Å². The average molecular weight is 235 g/mol. The van der Waals surface area contributed by atoms with E-state index in [2.05, 4.69) is 16.0 Å². The van der Waals surface area contributed by atoms with Gasteiger partial charge < -0.3 is 9.88 Å². The third-order valence-corrected chi connectivity index (χ3v) is 3.19. The summed E-state index contributed by atoms with van der Waals surface area (Å²) in [6.45, 7) is 2.83. The van der Waals surface area contributed by atoms with Crippen molar-refractivity contribution >= 4 is 17.3 Å². The van der Waals surface area contributed by atoms with Crippen molar-refractivity contribution in [1.82, 2.24) is 4.57 Å². The van der Waals surface area contributed by atoms with Crippen LogP contribution in [0.1, 0.15) is 11.3 Å². The van der Waals surface area contributed by atoms with Gasteiger partial charge in [0.15, 0.2) is 0 Å². The van der Waals surface area contributed by atoms with Gasteiger partial charge >= 0.3 is 0 Å². The van der Waals surface area contributed by atoms with Crippen LogP contribution in [-0.2, 0) is 13.6 Å². The van der Waals surface area contributed by atoms with Crippen LogP contribution >= 0.6 is 11.6 Å². The Labute approximate surface area is 101 Å². The number of benzene rings is 1. The zero-order chi connectivity index (χ0) is 11.5. The topological polar surface area (TPSA) is 17.0 Å². The minimum Gasteiger partial charge on any atom is -0.379 e. The highest BCUT2D eigenvalue weighted by Gasteiger charge is 2.02. The van der Waals surface area contributed by atoms with Gasteiger partial charge in [0.2, 0.25) is 0 Å². The lowest BCUT2D eigenvalue weighted by Gasteiger charge is -2.11. The molecule has 1 N–H and O–H groups in total. The molecular formula is C13H15ClN2. The van der Waals surface area contributed by atoms with E-state index in [9.17, 15) is 0 Å². The molecule has 84 valence electrons. The first-order valence-corrected chi connectivity index (χ1v) is 5.65. The van der Waals surface area contributed by atoms with E-state index >= 15 is 0 Å². The van der Waals surface area contributed by atoms with E-state index in [-0.39, 0.29) is 0 Å². The van der Waals surface area contributed by atoms with E-state index in [4.69, 9.17) is 11.6 Å². The number of nitrogens with one attached hydrogen (secondary N) is 1. The lowest BCUT2D eigenvalue weighted by atomic mass is 10.2. The summed E-state index contributed by atoms with van der Waals surface area (Å²) in [6, 6.07) is 10.1. The lowest BCUT2D eigenvalue weighted by molar-refractivity contribution is 0.842. The Bertz CT molecular complexity index is 488. The summed E-state index contributed by atoms with van der Waals surface area (Å²) >= 11 is 6.06. The molecule has 0 aliphatic rings. The maximum atomic E-state index is 6.06. The lowest BCUT2D eigenvalue weighted by Crippen LogP contribution is -2.05. The smallest absolute Gasteiger partial charge is 0.0553 e. The van der Waals surface area contributed by atoms with Gasteiger partial charge in [-0.15, -0.1) is 0 Å². The van der Waals surface area contributed by atoms with Gasteiger partial charge in [-0.25, -0.2) is 0 Å². The molecule has 1 aromatic carbocycles. The van der Waals surface area contributed by atoms with Crippen LogP contribution in [0.4, 0.5) is 5.69 Å². The van der Waals surface area contributed by atoms with Crippen LogP contribution in [0.2, 0.25) is 5.02 Å². The first-order valence-electron chi connectivity index (χ1n) is 5.27. The van der Waals surface area contributed by atoms with Crippen molar-refractivity contribution < 1.29 is 0 Å². The fourth-order valence-electron chi connectivity index (χ4n) is 1.66. The second-order valence-corrected chi connectivity index (χ2v) is 4.28. The molecule has 3 heteroatoms. The highest BCUT2D eigenvalue weighted by atomic mass is 35.5. The van der Waals surface area contributed by atoms with Crippen molar-refractivity contribution in [1.29, 1.82) is 0 Å². The molecule has 0 amide bonds. The zero-order valence-corrected chi connectivity index (χ0v) is 10.3. The number of aromatic nitrogens is 1. The Balaban J connectivity index is 2.11. The van der Waals surface area contributed by atoms with E-state index in [0.717, 1.165) is 22.8 Å². The molecule has 2 rings (SSSR count). The molecule has 0 atom stereocenters. The van der Waals surface area contributed by atoms with Crippen LogP contribution in [0.15, 0.2) is 36.5 Å². The van der Waals surface area contributed by atoms with Crippen molar-refractivity contribution in [2.24, 2.45) is 7.05 Å².